The van der Waals surface area contributed by atoms with Crippen molar-refractivity contribution in [2.24, 2.45) is 0 Å². The standard InChI is InChI=1S/C10H12N4O4/c15-5-3-13-1-2-14-4-6(16)12-10(18)8(14)7(13)9(17)11-5/h7-8H,1-4H2,(H,11,15,17)(H,12,16,18)/t7-,8+. The van der Waals surface area contributed by atoms with Gasteiger partial charge in [-0.1, -0.05) is 0 Å². The molecular weight excluding hydrogens is 240 g/mol. The van der Waals surface area contributed by atoms with Crippen molar-refractivity contribution < 1.29 is 19.2 Å². The second-order valence-corrected chi connectivity index (χ2v) is 4.66. The molecule has 0 bridgehead atoms. The normalized spacial score (nSPS) is 33.6. The lowest BCUT2D eigenvalue weighted by Gasteiger charge is -2.48. The second kappa shape index (κ2) is 3.85. The topological polar surface area (TPSA) is 98.8 Å². The highest BCUT2D eigenvalue weighted by molar-refractivity contribution is 6.07. The molecule has 96 valence electrons. The number of rotatable bonds is 0. The molecule has 8 nitrogen and oxygen atoms in total. The Bertz CT molecular complexity index is 421. The first kappa shape index (κ1) is 11.3. The minimum atomic E-state index is -0.690. The van der Waals surface area contributed by atoms with Gasteiger partial charge in [0.25, 0.3) is 0 Å². The van der Waals surface area contributed by atoms with Gasteiger partial charge in [0.05, 0.1) is 13.1 Å². The fourth-order valence-corrected chi connectivity index (χ4v) is 2.78. The Labute approximate surface area is 102 Å². The Kier molecular flexibility index (Phi) is 2.42. The zero-order valence-corrected chi connectivity index (χ0v) is 9.51. The highest BCUT2D eigenvalue weighted by Crippen LogP contribution is 2.21. The molecule has 0 radical (unpaired) electrons. The number of piperazine rings is 3. The number of hydrogen-bond acceptors (Lipinski definition) is 6. The molecule has 3 heterocycles. The SMILES string of the molecule is O=C1CN2CCN3CC(=O)NC(=O)[C@H]3[C@H]2C(=O)N1. The maximum absolute atomic E-state index is 11.9. The van der Waals surface area contributed by atoms with E-state index in [4.69, 9.17) is 0 Å². The van der Waals surface area contributed by atoms with E-state index in [0.717, 1.165) is 0 Å². The van der Waals surface area contributed by atoms with Crippen LogP contribution in [0.1, 0.15) is 0 Å². The second-order valence-electron chi connectivity index (χ2n) is 4.66. The first-order chi connectivity index (χ1) is 8.56. The van der Waals surface area contributed by atoms with E-state index in [1.807, 2.05) is 0 Å². The smallest absolute Gasteiger partial charge is 0.246 e. The molecule has 0 aromatic rings. The van der Waals surface area contributed by atoms with Crippen LogP contribution in [0.5, 0.6) is 0 Å². The van der Waals surface area contributed by atoms with Gasteiger partial charge in [0.2, 0.25) is 23.6 Å². The molecular formula is C10H12N4O4. The highest BCUT2D eigenvalue weighted by atomic mass is 16.2. The van der Waals surface area contributed by atoms with Gasteiger partial charge in [-0.2, -0.15) is 0 Å². The molecule has 3 aliphatic rings. The Morgan fingerprint density at radius 1 is 0.778 bits per heavy atom. The Morgan fingerprint density at radius 3 is 1.56 bits per heavy atom. The Morgan fingerprint density at radius 2 is 1.17 bits per heavy atom. The van der Waals surface area contributed by atoms with E-state index in [2.05, 4.69) is 10.6 Å². The Balaban J connectivity index is 1.91. The molecule has 2 N–H and O–H groups in total. The third-order valence-electron chi connectivity index (χ3n) is 3.52. The number of nitrogens with zero attached hydrogens (tertiary/aromatic N) is 2. The summed E-state index contributed by atoms with van der Waals surface area (Å²) in [5.74, 6) is -1.63. The van der Waals surface area contributed by atoms with Gasteiger partial charge >= 0.3 is 0 Å². The predicted octanol–water partition coefficient (Wildman–Crippen LogP) is -3.35. The molecule has 3 saturated heterocycles. The molecule has 0 aromatic heterocycles. The Hall–Kier alpha value is -1.80. The first-order valence-electron chi connectivity index (χ1n) is 5.72. The van der Waals surface area contributed by atoms with E-state index < -0.39 is 23.9 Å². The zero-order valence-electron chi connectivity index (χ0n) is 9.51. The van der Waals surface area contributed by atoms with Crippen LogP contribution in [0.15, 0.2) is 0 Å². The van der Waals surface area contributed by atoms with E-state index in [1.54, 1.807) is 9.80 Å². The van der Waals surface area contributed by atoms with Crippen molar-refractivity contribution >= 4 is 23.6 Å². The molecule has 2 atom stereocenters. The number of hydrogen-bond donors (Lipinski definition) is 2. The van der Waals surface area contributed by atoms with E-state index in [-0.39, 0.29) is 24.9 Å². The van der Waals surface area contributed by atoms with Gasteiger partial charge in [-0.15, -0.1) is 0 Å². The quantitative estimate of drug-likeness (QED) is 0.437. The fourth-order valence-electron chi connectivity index (χ4n) is 2.78. The minimum absolute atomic E-state index is 0.113. The molecule has 8 heteroatoms. The summed E-state index contributed by atoms with van der Waals surface area (Å²) in [6.07, 6.45) is 0. The number of amides is 4. The van der Waals surface area contributed by atoms with Gasteiger partial charge in [-0.3, -0.25) is 39.6 Å². The lowest BCUT2D eigenvalue weighted by Crippen LogP contribution is -2.75. The van der Waals surface area contributed by atoms with Gasteiger partial charge in [-0.05, 0) is 0 Å². The first-order valence-corrected chi connectivity index (χ1v) is 5.72. The molecule has 3 rings (SSSR count). The fraction of sp³-hybridized carbons (Fsp3) is 0.600. The van der Waals surface area contributed by atoms with Crippen LogP contribution in [-0.2, 0) is 19.2 Å². The monoisotopic (exact) mass is 252 g/mol. The lowest BCUT2D eigenvalue weighted by molar-refractivity contribution is -0.157. The molecule has 0 aliphatic carbocycles. The number of carbonyl (C=O) groups excluding carboxylic acids is 4. The summed E-state index contributed by atoms with van der Waals surface area (Å²) >= 11 is 0. The van der Waals surface area contributed by atoms with Crippen molar-refractivity contribution in [3.63, 3.8) is 0 Å². The van der Waals surface area contributed by atoms with Crippen LogP contribution in [0.4, 0.5) is 0 Å². The third-order valence-corrected chi connectivity index (χ3v) is 3.52. The van der Waals surface area contributed by atoms with Gasteiger partial charge in [0.15, 0.2) is 0 Å². The van der Waals surface area contributed by atoms with Crippen LogP contribution in [-0.4, -0.2) is 71.7 Å². The average molecular weight is 252 g/mol. The largest absolute Gasteiger partial charge is 0.294 e. The summed E-state index contributed by atoms with van der Waals surface area (Å²) in [4.78, 5) is 49.7. The van der Waals surface area contributed by atoms with Crippen LogP contribution >= 0.6 is 0 Å². The predicted molar refractivity (Wildman–Crippen MR) is 57.0 cm³/mol. The number of nitrogens with one attached hydrogen (secondary N) is 2. The van der Waals surface area contributed by atoms with Crippen LogP contribution in [0, 0.1) is 0 Å². The maximum Gasteiger partial charge on any atom is 0.246 e. The number of carbonyl (C=O) groups is 4. The maximum atomic E-state index is 11.9. The highest BCUT2D eigenvalue weighted by Gasteiger charge is 2.50. The molecule has 3 fully saturated rings. The molecule has 0 aromatic carbocycles. The van der Waals surface area contributed by atoms with Gasteiger partial charge in [0.1, 0.15) is 12.1 Å². The number of imide groups is 2. The summed E-state index contributed by atoms with van der Waals surface area (Å²) in [6, 6.07) is -1.38. The molecule has 0 unspecified atom stereocenters. The third kappa shape index (κ3) is 1.61. The van der Waals surface area contributed by atoms with Crippen LogP contribution < -0.4 is 10.6 Å². The van der Waals surface area contributed by atoms with Crippen molar-refractivity contribution in [2.75, 3.05) is 26.2 Å². The van der Waals surface area contributed by atoms with Crippen molar-refractivity contribution in [1.82, 2.24) is 20.4 Å². The van der Waals surface area contributed by atoms with E-state index in [9.17, 15) is 19.2 Å². The van der Waals surface area contributed by atoms with Crippen molar-refractivity contribution in [2.45, 2.75) is 12.1 Å². The molecule has 4 amide bonds. The minimum Gasteiger partial charge on any atom is -0.294 e. The van der Waals surface area contributed by atoms with Gasteiger partial charge in [0, 0.05) is 13.1 Å². The lowest BCUT2D eigenvalue weighted by atomic mass is 9.96. The summed E-state index contributed by atoms with van der Waals surface area (Å²) in [6.45, 7) is 1.23. The van der Waals surface area contributed by atoms with E-state index in [1.165, 1.54) is 0 Å². The molecule has 0 saturated carbocycles. The van der Waals surface area contributed by atoms with Crippen molar-refractivity contribution in [3.8, 4) is 0 Å². The zero-order chi connectivity index (χ0) is 12.9. The number of fused-ring (bicyclic) bond motifs is 3. The molecule has 3 aliphatic heterocycles. The van der Waals surface area contributed by atoms with Crippen molar-refractivity contribution in [1.29, 1.82) is 0 Å². The van der Waals surface area contributed by atoms with Crippen LogP contribution in [0.2, 0.25) is 0 Å². The van der Waals surface area contributed by atoms with E-state index in [0.29, 0.717) is 13.1 Å². The van der Waals surface area contributed by atoms with Crippen molar-refractivity contribution in [3.05, 3.63) is 0 Å². The average Bonchev–Trinajstić information content (AvgIpc) is 2.28. The van der Waals surface area contributed by atoms with Crippen LogP contribution in [0.25, 0.3) is 0 Å². The summed E-state index contributed by atoms with van der Waals surface area (Å²) in [7, 11) is 0. The summed E-state index contributed by atoms with van der Waals surface area (Å²) < 4.78 is 0. The van der Waals surface area contributed by atoms with Gasteiger partial charge in [-0.25, -0.2) is 0 Å². The van der Waals surface area contributed by atoms with E-state index >= 15 is 0 Å². The van der Waals surface area contributed by atoms with Gasteiger partial charge < -0.3 is 0 Å². The molecule has 0 spiro atoms. The summed E-state index contributed by atoms with van der Waals surface area (Å²) in [5.41, 5.74) is 0. The molecule has 18 heavy (non-hydrogen) atoms. The summed E-state index contributed by atoms with van der Waals surface area (Å²) in [5, 5.41) is 4.46. The van der Waals surface area contributed by atoms with Crippen LogP contribution in [0.3, 0.4) is 0 Å².